The van der Waals surface area contributed by atoms with Crippen molar-refractivity contribution in [1.29, 1.82) is 0 Å². The van der Waals surface area contributed by atoms with Gasteiger partial charge in [-0.3, -0.25) is 0 Å². The molecule has 0 aliphatic carbocycles. The van der Waals surface area contributed by atoms with Crippen LogP contribution in [0.2, 0.25) is 0 Å². The zero-order valence-corrected chi connectivity index (χ0v) is 11.3. The fraction of sp³-hybridized carbons (Fsp3) is 0.333. The van der Waals surface area contributed by atoms with Crippen molar-refractivity contribution in [3.63, 3.8) is 0 Å². The number of aryl methyl sites for hydroxylation is 2. The van der Waals surface area contributed by atoms with Crippen LogP contribution in [0.15, 0.2) is 36.4 Å². The number of thiophene rings is 1. The van der Waals surface area contributed by atoms with Gasteiger partial charge >= 0.3 is 0 Å². The van der Waals surface area contributed by atoms with Crippen LogP contribution in [0.25, 0.3) is 0 Å². The van der Waals surface area contributed by atoms with E-state index >= 15 is 0 Å². The highest BCUT2D eigenvalue weighted by atomic mass is 32.1. The SMILES string of the molecule is CCc1ccc(C(N)c2ccc(CC)s2)cc1. The van der Waals surface area contributed by atoms with Crippen molar-refractivity contribution in [2.75, 3.05) is 0 Å². The molecule has 90 valence electrons. The van der Waals surface area contributed by atoms with Gasteiger partial charge in [-0.15, -0.1) is 11.3 Å². The van der Waals surface area contributed by atoms with E-state index in [0.717, 1.165) is 12.8 Å². The van der Waals surface area contributed by atoms with Gasteiger partial charge in [0.25, 0.3) is 0 Å². The van der Waals surface area contributed by atoms with E-state index in [-0.39, 0.29) is 6.04 Å². The van der Waals surface area contributed by atoms with Gasteiger partial charge in [-0.2, -0.15) is 0 Å². The number of nitrogens with two attached hydrogens (primary N) is 1. The molecule has 1 nitrogen and oxygen atoms in total. The van der Waals surface area contributed by atoms with E-state index in [9.17, 15) is 0 Å². The summed E-state index contributed by atoms with van der Waals surface area (Å²) in [6.45, 7) is 4.35. The summed E-state index contributed by atoms with van der Waals surface area (Å²) in [5, 5.41) is 0. The van der Waals surface area contributed by atoms with Gasteiger partial charge in [-0.25, -0.2) is 0 Å². The van der Waals surface area contributed by atoms with E-state index in [0.29, 0.717) is 0 Å². The fourth-order valence-electron chi connectivity index (χ4n) is 1.88. The Balaban J connectivity index is 2.20. The minimum Gasteiger partial charge on any atom is -0.320 e. The monoisotopic (exact) mass is 245 g/mol. The quantitative estimate of drug-likeness (QED) is 0.868. The first-order chi connectivity index (χ1) is 8.24. The Morgan fingerprint density at radius 2 is 1.71 bits per heavy atom. The van der Waals surface area contributed by atoms with E-state index in [1.165, 1.54) is 20.9 Å². The molecule has 0 aliphatic rings. The highest BCUT2D eigenvalue weighted by Crippen LogP contribution is 2.27. The smallest absolute Gasteiger partial charge is 0.0646 e. The molecule has 1 aromatic carbocycles. The van der Waals surface area contributed by atoms with Crippen LogP contribution in [0.5, 0.6) is 0 Å². The van der Waals surface area contributed by atoms with Crippen LogP contribution in [0, 0.1) is 0 Å². The molecule has 0 spiro atoms. The zero-order valence-electron chi connectivity index (χ0n) is 10.4. The first-order valence-electron chi connectivity index (χ1n) is 6.17. The lowest BCUT2D eigenvalue weighted by atomic mass is 10.0. The standard InChI is InChI=1S/C15H19NS/c1-3-11-5-7-12(8-6-11)15(16)14-10-9-13(4-2)17-14/h5-10,15H,3-4,16H2,1-2H3. The molecule has 1 unspecified atom stereocenters. The third kappa shape index (κ3) is 2.76. The van der Waals surface area contributed by atoms with Crippen molar-refractivity contribution in [1.82, 2.24) is 0 Å². The fourth-order valence-corrected chi connectivity index (χ4v) is 2.86. The molecule has 1 heterocycles. The molecule has 1 atom stereocenters. The van der Waals surface area contributed by atoms with Gasteiger partial charge in [0.1, 0.15) is 0 Å². The van der Waals surface area contributed by atoms with Crippen molar-refractivity contribution in [2.45, 2.75) is 32.7 Å². The summed E-state index contributed by atoms with van der Waals surface area (Å²) in [5.74, 6) is 0. The lowest BCUT2D eigenvalue weighted by molar-refractivity contribution is 0.891. The second kappa shape index (κ2) is 5.48. The maximum Gasteiger partial charge on any atom is 0.0646 e. The Morgan fingerprint density at radius 1 is 1.00 bits per heavy atom. The van der Waals surface area contributed by atoms with Gasteiger partial charge < -0.3 is 5.73 Å². The van der Waals surface area contributed by atoms with E-state index in [4.69, 9.17) is 5.73 Å². The third-order valence-corrected chi connectivity index (χ3v) is 4.40. The van der Waals surface area contributed by atoms with Crippen molar-refractivity contribution in [3.8, 4) is 0 Å². The summed E-state index contributed by atoms with van der Waals surface area (Å²) >= 11 is 1.82. The van der Waals surface area contributed by atoms with Gasteiger partial charge in [-0.05, 0) is 36.1 Å². The normalized spacial score (nSPS) is 12.6. The Bertz CT molecular complexity index is 470. The molecule has 1 aromatic heterocycles. The lowest BCUT2D eigenvalue weighted by Gasteiger charge is -2.10. The van der Waals surface area contributed by atoms with Crippen LogP contribution in [0.1, 0.15) is 40.8 Å². The predicted octanol–water partition coefficient (Wildman–Crippen LogP) is 3.92. The molecule has 2 rings (SSSR count). The molecule has 0 amide bonds. The van der Waals surface area contributed by atoms with Crippen LogP contribution < -0.4 is 5.73 Å². The summed E-state index contributed by atoms with van der Waals surface area (Å²) in [7, 11) is 0. The molecule has 0 radical (unpaired) electrons. The van der Waals surface area contributed by atoms with Gasteiger partial charge in [0.2, 0.25) is 0 Å². The molecule has 2 N–H and O–H groups in total. The van der Waals surface area contributed by atoms with Crippen molar-refractivity contribution >= 4 is 11.3 Å². The minimum atomic E-state index is 0.0196. The third-order valence-electron chi connectivity index (χ3n) is 3.08. The van der Waals surface area contributed by atoms with Crippen LogP contribution in [0.4, 0.5) is 0 Å². The molecular formula is C15H19NS. The van der Waals surface area contributed by atoms with Crippen molar-refractivity contribution in [2.24, 2.45) is 5.73 Å². The predicted molar refractivity (Wildman–Crippen MR) is 75.5 cm³/mol. The van der Waals surface area contributed by atoms with Crippen molar-refractivity contribution < 1.29 is 0 Å². The number of benzene rings is 1. The lowest BCUT2D eigenvalue weighted by Crippen LogP contribution is -2.09. The summed E-state index contributed by atoms with van der Waals surface area (Å²) in [6.07, 6.45) is 2.17. The van der Waals surface area contributed by atoms with E-state index in [1.807, 2.05) is 11.3 Å². The molecule has 0 saturated carbocycles. The Hall–Kier alpha value is -1.12. The largest absolute Gasteiger partial charge is 0.320 e. The molecule has 0 aliphatic heterocycles. The second-order valence-electron chi connectivity index (χ2n) is 4.23. The van der Waals surface area contributed by atoms with Crippen LogP contribution in [-0.4, -0.2) is 0 Å². The topological polar surface area (TPSA) is 26.0 Å². The summed E-state index contributed by atoms with van der Waals surface area (Å²) in [4.78, 5) is 2.66. The number of hydrogen-bond donors (Lipinski definition) is 1. The second-order valence-corrected chi connectivity index (χ2v) is 5.43. The van der Waals surface area contributed by atoms with E-state index in [2.05, 4.69) is 50.2 Å². The average Bonchev–Trinajstić information content (AvgIpc) is 2.87. The Labute approximate surface area is 107 Å². The highest BCUT2D eigenvalue weighted by Gasteiger charge is 2.10. The molecule has 0 bridgehead atoms. The Kier molecular flexibility index (Phi) is 3.97. The maximum atomic E-state index is 6.29. The van der Waals surface area contributed by atoms with E-state index in [1.54, 1.807) is 0 Å². The minimum absolute atomic E-state index is 0.0196. The summed E-state index contributed by atoms with van der Waals surface area (Å²) in [6, 6.07) is 13.0. The molecule has 2 aromatic rings. The van der Waals surface area contributed by atoms with Crippen LogP contribution in [-0.2, 0) is 12.8 Å². The first kappa shape index (κ1) is 12.3. The van der Waals surface area contributed by atoms with Crippen LogP contribution >= 0.6 is 11.3 Å². The van der Waals surface area contributed by atoms with E-state index < -0.39 is 0 Å². The molecule has 0 saturated heterocycles. The first-order valence-corrected chi connectivity index (χ1v) is 6.99. The van der Waals surface area contributed by atoms with Gasteiger partial charge in [0.15, 0.2) is 0 Å². The number of rotatable bonds is 4. The molecular weight excluding hydrogens is 226 g/mol. The van der Waals surface area contributed by atoms with Gasteiger partial charge in [0, 0.05) is 9.75 Å². The van der Waals surface area contributed by atoms with Crippen LogP contribution in [0.3, 0.4) is 0 Å². The van der Waals surface area contributed by atoms with Gasteiger partial charge in [0.05, 0.1) is 6.04 Å². The molecule has 0 fully saturated rings. The summed E-state index contributed by atoms with van der Waals surface area (Å²) < 4.78 is 0. The van der Waals surface area contributed by atoms with Gasteiger partial charge in [-0.1, -0.05) is 38.1 Å². The summed E-state index contributed by atoms with van der Waals surface area (Å²) in [5.41, 5.74) is 8.85. The van der Waals surface area contributed by atoms with Crippen molar-refractivity contribution in [3.05, 3.63) is 57.3 Å². The maximum absolute atomic E-state index is 6.29. The highest BCUT2D eigenvalue weighted by molar-refractivity contribution is 7.12. The zero-order chi connectivity index (χ0) is 12.3. The average molecular weight is 245 g/mol. The number of hydrogen-bond acceptors (Lipinski definition) is 2. The Morgan fingerprint density at radius 3 is 2.24 bits per heavy atom. The molecule has 17 heavy (non-hydrogen) atoms. The molecule has 2 heteroatoms.